The summed E-state index contributed by atoms with van der Waals surface area (Å²) in [6.07, 6.45) is 0. The third-order valence-corrected chi connectivity index (χ3v) is 12.9. The molecule has 13 aromatic carbocycles. The van der Waals surface area contributed by atoms with Crippen molar-refractivity contribution in [1.82, 2.24) is 0 Å². The number of hydrogen-bond donors (Lipinski definition) is 0. The molecule has 0 atom stereocenters. The Balaban J connectivity index is 1.13. The fourth-order valence-corrected chi connectivity index (χ4v) is 10.4. The second-order valence-corrected chi connectivity index (χ2v) is 15.9. The van der Waals surface area contributed by atoms with Crippen LogP contribution in [0.15, 0.2) is 206 Å². The van der Waals surface area contributed by atoms with Gasteiger partial charge in [-0.1, -0.05) is 188 Å². The number of rotatable bonds is 4. The summed E-state index contributed by atoms with van der Waals surface area (Å²) in [6.45, 7) is 0. The van der Waals surface area contributed by atoms with Gasteiger partial charge in [-0.2, -0.15) is 0 Å². The molecule has 0 aliphatic heterocycles. The summed E-state index contributed by atoms with van der Waals surface area (Å²) in [6, 6.07) is 77.4. The van der Waals surface area contributed by atoms with E-state index in [9.17, 15) is 0 Å². The minimum absolute atomic E-state index is 1.21. The van der Waals surface area contributed by atoms with E-state index >= 15 is 0 Å². The normalized spacial score (nSPS) is 12.1. The predicted molar refractivity (Wildman–Crippen MR) is 251 cm³/mol. The van der Waals surface area contributed by atoms with Gasteiger partial charge in [-0.25, -0.2) is 0 Å². The van der Waals surface area contributed by atoms with Crippen LogP contribution in [0.3, 0.4) is 0 Å². The van der Waals surface area contributed by atoms with Gasteiger partial charge in [0, 0.05) is 0 Å². The molecule has 58 heavy (non-hydrogen) atoms. The highest BCUT2D eigenvalue weighted by Crippen LogP contribution is 2.49. The second-order valence-electron chi connectivity index (χ2n) is 15.9. The quantitative estimate of drug-likeness (QED) is 0.158. The molecular weight excluding hydrogens is 697 g/mol. The maximum atomic E-state index is 2.48. The third kappa shape index (κ3) is 4.46. The van der Waals surface area contributed by atoms with Crippen molar-refractivity contribution in [1.29, 1.82) is 0 Å². The van der Waals surface area contributed by atoms with Gasteiger partial charge in [0.2, 0.25) is 0 Å². The van der Waals surface area contributed by atoms with E-state index < -0.39 is 0 Å². The van der Waals surface area contributed by atoms with Crippen LogP contribution < -0.4 is 0 Å². The third-order valence-electron chi connectivity index (χ3n) is 12.9. The van der Waals surface area contributed by atoms with Gasteiger partial charge in [0.05, 0.1) is 0 Å². The first kappa shape index (κ1) is 31.6. The lowest BCUT2D eigenvalue weighted by Gasteiger charge is -2.21. The van der Waals surface area contributed by atoms with Crippen molar-refractivity contribution in [2.45, 2.75) is 0 Å². The van der Waals surface area contributed by atoms with Crippen molar-refractivity contribution in [2.24, 2.45) is 0 Å². The lowest BCUT2D eigenvalue weighted by Crippen LogP contribution is -1.94. The van der Waals surface area contributed by atoms with Crippen LogP contribution in [-0.4, -0.2) is 0 Å². The van der Waals surface area contributed by atoms with Crippen molar-refractivity contribution in [3.8, 4) is 44.5 Å². The molecule has 0 unspecified atom stereocenters. The highest BCUT2D eigenvalue weighted by Gasteiger charge is 2.21. The van der Waals surface area contributed by atoms with E-state index in [2.05, 4.69) is 206 Å². The molecule has 13 aromatic rings. The molecule has 0 heteroatoms. The van der Waals surface area contributed by atoms with E-state index in [0.29, 0.717) is 0 Å². The Bertz CT molecular complexity index is 3740. The first-order valence-electron chi connectivity index (χ1n) is 20.2. The zero-order chi connectivity index (χ0) is 37.9. The Morgan fingerprint density at radius 2 is 0.638 bits per heavy atom. The summed E-state index contributed by atoms with van der Waals surface area (Å²) >= 11 is 0. The first-order valence-corrected chi connectivity index (χ1v) is 20.2. The van der Waals surface area contributed by atoms with Crippen LogP contribution in [0.2, 0.25) is 0 Å². The smallest absolute Gasteiger partial charge is 0.00206 e. The topological polar surface area (TPSA) is 0 Å². The van der Waals surface area contributed by atoms with Gasteiger partial charge in [-0.3, -0.25) is 0 Å². The predicted octanol–water partition coefficient (Wildman–Crippen LogP) is 16.5. The molecule has 0 fully saturated rings. The molecule has 0 heterocycles. The Morgan fingerprint density at radius 3 is 1.24 bits per heavy atom. The Kier molecular flexibility index (Phi) is 6.54. The lowest BCUT2D eigenvalue weighted by molar-refractivity contribution is 1.61. The second kappa shape index (κ2) is 12.0. The summed E-state index contributed by atoms with van der Waals surface area (Å²) in [5.41, 5.74) is 9.95. The van der Waals surface area contributed by atoms with Crippen LogP contribution in [0.25, 0.3) is 131 Å². The fraction of sp³-hybridized carbons (Fsp3) is 0. The van der Waals surface area contributed by atoms with Gasteiger partial charge >= 0.3 is 0 Å². The average Bonchev–Trinajstić information content (AvgIpc) is 3.29. The SMILES string of the molecule is c1ccc(-c2cc(-c3ccc4ccc5cccc6ccc3c4c56)c3ccccc3c2-c2cc(-c3ccc4ccc5cccc6ccc3c4c56)c3ccccc3c2)cc1. The summed E-state index contributed by atoms with van der Waals surface area (Å²) in [7, 11) is 0. The molecule has 0 saturated heterocycles. The summed E-state index contributed by atoms with van der Waals surface area (Å²) < 4.78 is 0. The average molecular weight is 731 g/mol. The molecule has 0 aliphatic carbocycles. The molecule has 0 bridgehead atoms. The van der Waals surface area contributed by atoms with Gasteiger partial charge in [0.15, 0.2) is 0 Å². The molecule has 0 spiro atoms. The molecule has 0 amide bonds. The van der Waals surface area contributed by atoms with Crippen molar-refractivity contribution < 1.29 is 0 Å². The zero-order valence-corrected chi connectivity index (χ0v) is 31.6. The number of hydrogen-bond acceptors (Lipinski definition) is 0. The van der Waals surface area contributed by atoms with Crippen LogP contribution in [-0.2, 0) is 0 Å². The minimum atomic E-state index is 1.21. The van der Waals surface area contributed by atoms with Crippen molar-refractivity contribution in [2.75, 3.05) is 0 Å². The largest absolute Gasteiger partial charge is 0.0622 e. The van der Waals surface area contributed by atoms with Crippen molar-refractivity contribution in [3.05, 3.63) is 206 Å². The molecule has 0 radical (unpaired) electrons. The Labute approximate surface area is 335 Å². The molecule has 0 saturated carbocycles. The van der Waals surface area contributed by atoms with Crippen LogP contribution in [0.4, 0.5) is 0 Å². The summed E-state index contributed by atoms with van der Waals surface area (Å²) in [4.78, 5) is 0. The highest BCUT2D eigenvalue weighted by molar-refractivity contribution is 6.28. The van der Waals surface area contributed by atoms with Crippen molar-refractivity contribution in [3.63, 3.8) is 0 Å². The minimum Gasteiger partial charge on any atom is -0.0622 e. The van der Waals surface area contributed by atoms with E-state index in [1.54, 1.807) is 0 Å². The molecule has 13 rings (SSSR count). The van der Waals surface area contributed by atoms with Crippen molar-refractivity contribution >= 4 is 86.2 Å². The zero-order valence-electron chi connectivity index (χ0n) is 31.6. The number of benzene rings is 13. The van der Waals surface area contributed by atoms with E-state index in [-0.39, 0.29) is 0 Å². The van der Waals surface area contributed by atoms with E-state index in [1.165, 1.54) is 131 Å². The molecule has 266 valence electrons. The van der Waals surface area contributed by atoms with Crippen LogP contribution in [0, 0.1) is 0 Å². The number of fused-ring (bicyclic) bond motifs is 2. The molecule has 0 nitrogen and oxygen atoms in total. The van der Waals surface area contributed by atoms with E-state index in [1.807, 2.05) is 0 Å². The standard InChI is InChI=1S/C58H34/c1-2-10-35(11-3-1)51-34-53(47-29-25-41-23-21-37-14-9-16-39-27-31-50(47)58(41)55(37)39)45-18-6-7-19-48(45)56(51)43-32-42-12-4-5-17-44(42)52(33-43)46-28-24-40-22-20-36-13-8-15-38-26-30-49(46)57(40)54(36)38/h1-34H. The maximum Gasteiger partial charge on any atom is -0.00206 e. The molecular formula is C58H34. The molecule has 0 aromatic heterocycles. The molecule has 0 N–H and O–H groups in total. The van der Waals surface area contributed by atoms with E-state index in [0.717, 1.165) is 0 Å². The Hall–Kier alpha value is -7.54. The Morgan fingerprint density at radius 1 is 0.190 bits per heavy atom. The molecule has 0 aliphatic rings. The van der Waals surface area contributed by atoms with Gasteiger partial charge in [-0.05, 0) is 149 Å². The van der Waals surface area contributed by atoms with Crippen LogP contribution in [0.1, 0.15) is 0 Å². The lowest BCUT2D eigenvalue weighted by atomic mass is 9.82. The fourth-order valence-electron chi connectivity index (χ4n) is 10.4. The van der Waals surface area contributed by atoms with Gasteiger partial charge in [0.25, 0.3) is 0 Å². The summed E-state index contributed by atoms with van der Waals surface area (Å²) in [5, 5.41) is 20.7. The maximum absolute atomic E-state index is 2.48. The van der Waals surface area contributed by atoms with Gasteiger partial charge < -0.3 is 0 Å². The highest BCUT2D eigenvalue weighted by atomic mass is 14.2. The van der Waals surface area contributed by atoms with Gasteiger partial charge in [-0.15, -0.1) is 0 Å². The first-order chi connectivity index (χ1) is 28.8. The van der Waals surface area contributed by atoms with Crippen LogP contribution in [0.5, 0.6) is 0 Å². The van der Waals surface area contributed by atoms with Gasteiger partial charge in [0.1, 0.15) is 0 Å². The monoisotopic (exact) mass is 730 g/mol. The van der Waals surface area contributed by atoms with E-state index in [4.69, 9.17) is 0 Å². The summed E-state index contributed by atoms with van der Waals surface area (Å²) in [5.74, 6) is 0. The van der Waals surface area contributed by atoms with Crippen LogP contribution >= 0.6 is 0 Å².